The standard InChI is InChI=1S/C16H12Cl2N2O3S/c1-23-12-3-5-13(6-4-12)24(21,22)14(9-19)10-20-11-2-7-15(17)16(18)8-11/h2-8,10,20H,1H3/b14-10+. The van der Waals surface area contributed by atoms with Crippen LogP contribution in [0.3, 0.4) is 0 Å². The van der Waals surface area contributed by atoms with Crippen molar-refractivity contribution in [3.63, 3.8) is 0 Å². The molecule has 0 amide bonds. The number of sulfone groups is 1. The SMILES string of the molecule is COc1ccc(S(=O)(=O)/C(C#N)=C/Nc2ccc(Cl)c(Cl)c2)cc1. The molecule has 2 rings (SSSR count). The van der Waals surface area contributed by atoms with E-state index < -0.39 is 14.7 Å². The molecular formula is C16H12Cl2N2O3S. The lowest BCUT2D eigenvalue weighted by Gasteiger charge is -2.06. The molecule has 0 aliphatic rings. The van der Waals surface area contributed by atoms with E-state index >= 15 is 0 Å². The Morgan fingerprint density at radius 2 is 1.83 bits per heavy atom. The van der Waals surface area contributed by atoms with Gasteiger partial charge in [-0.1, -0.05) is 23.2 Å². The first-order valence-electron chi connectivity index (χ1n) is 6.59. The lowest BCUT2D eigenvalue weighted by Crippen LogP contribution is -2.05. The van der Waals surface area contributed by atoms with Gasteiger partial charge in [0.15, 0.2) is 4.91 Å². The third kappa shape index (κ3) is 4.01. The topological polar surface area (TPSA) is 79.2 Å². The fraction of sp³-hybridized carbons (Fsp3) is 0.0625. The number of methoxy groups -OCH3 is 1. The quantitative estimate of drug-likeness (QED) is 0.781. The number of anilines is 1. The highest BCUT2D eigenvalue weighted by atomic mass is 35.5. The van der Waals surface area contributed by atoms with Gasteiger partial charge in [0.2, 0.25) is 9.84 Å². The van der Waals surface area contributed by atoms with Crippen molar-refractivity contribution >= 4 is 38.7 Å². The number of benzene rings is 2. The molecule has 0 aromatic heterocycles. The second kappa shape index (κ2) is 7.58. The molecule has 0 atom stereocenters. The normalized spacial score (nSPS) is 11.7. The van der Waals surface area contributed by atoms with E-state index in [0.29, 0.717) is 21.5 Å². The average molecular weight is 383 g/mol. The van der Waals surface area contributed by atoms with Crippen molar-refractivity contribution in [2.24, 2.45) is 0 Å². The fourth-order valence-corrected chi connectivity index (χ4v) is 3.17. The molecule has 1 N–H and O–H groups in total. The van der Waals surface area contributed by atoms with Gasteiger partial charge in [-0.2, -0.15) is 5.26 Å². The second-order valence-electron chi connectivity index (χ2n) is 4.57. The Kier molecular flexibility index (Phi) is 5.73. The van der Waals surface area contributed by atoms with Crippen LogP contribution in [-0.4, -0.2) is 15.5 Å². The van der Waals surface area contributed by atoms with E-state index in [4.69, 9.17) is 27.9 Å². The van der Waals surface area contributed by atoms with Crippen molar-refractivity contribution in [2.45, 2.75) is 4.90 Å². The van der Waals surface area contributed by atoms with Gasteiger partial charge in [-0.3, -0.25) is 0 Å². The van der Waals surface area contributed by atoms with Crippen LogP contribution in [0.4, 0.5) is 5.69 Å². The maximum atomic E-state index is 12.5. The number of hydrogen-bond donors (Lipinski definition) is 1. The summed E-state index contributed by atoms with van der Waals surface area (Å²) in [4.78, 5) is -0.439. The molecule has 0 bridgehead atoms. The number of hydrogen-bond acceptors (Lipinski definition) is 5. The zero-order valence-corrected chi connectivity index (χ0v) is 14.8. The van der Waals surface area contributed by atoms with Gasteiger partial charge in [0.05, 0.1) is 22.1 Å². The highest BCUT2D eigenvalue weighted by Gasteiger charge is 2.20. The Morgan fingerprint density at radius 1 is 1.17 bits per heavy atom. The molecule has 0 spiro atoms. The largest absolute Gasteiger partial charge is 0.497 e. The maximum absolute atomic E-state index is 12.5. The summed E-state index contributed by atoms with van der Waals surface area (Å²) in [5, 5.41) is 12.6. The van der Waals surface area contributed by atoms with Gasteiger partial charge in [0.25, 0.3) is 0 Å². The minimum atomic E-state index is -3.94. The van der Waals surface area contributed by atoms with Gasteiger partial charge < -0.3 is 10.1 Å². The zero-order chi connectivity index (χ0) is 17.7. The van der Waals surface area contributed by atoms with Gasteiger partial charge in [-0.05, 0) is 42.5 Å². The van der Waals surface area contributed by atoms with Crippen LogP contribution in [0, 0.1) is 11.3 Å². The van der Waals surface area contributed by atoms with Gasteiger partial charge in [-0.25, -0.2) is 8.42 Å². The maximum Gasteiger partial charge on any atom is 0.218 e. The molecule has 5 nitrogen and oxygen atoms in total. The lowest BCUT2D eigenvalue weighted by molar-refractivity contribution is 0.414. The molecule has 0 fully saturated rings. The third-order valence-corrected chi connectivity index (χ3v) is 5.48. The number of nitrogens with zero attached hydrogens (tertiary/aromatic N) is 1. The smallest absolute Gasteiger partial charge is 0.218 e. The summed E-state index contributed by atoms with van der Waals surface area (Å²) in [6.07, 6.45) is 1.11. The van der Waals surface area contributed by atoms with Crippen LogP contribution in [0.25, 0.3) is 0 Å². The van der Waals surface area contributed by atoms with Crippen LogP contribution in [0.1, 0.15) is 0 Å². The van der Waals surface area contributed by atoms with E-state index in [-0.39, 0.29) is 4.90 Å². The van der Waals surface area contributed by atoms with Crippen LogP contribution >= 0.6 is 23.2 Å². The molecule has 2 aromatic rings. The van der Waals surface area contributed by atoms with Gasteiger partial charge >= 0.3 is 0 Å². The highest BCUT2D eigenvalue weighted by Crippen LogP contribution is 2.26. The highest BCUT2D eigenvalue weighted by molar-refractivity contribution is 7.95. The molecule has 0 saturated carbocycles. The fourth-order valence-electron chi connectivity index (χ4n) is 1.79. The number of nitriles is 1. The van der Waals surface area contributed by atoms with Crippen LogP contribution < -0.4 is 10.1 Å². The molecule has 8 heteroatoms. The number of allylic oxidation sites excluding steroid dienone is 1. The second-order valence-corrected chi connectivity index (χ2v) is 7.31. The molecular weight excluding hydrogens is 371 g/mol. The number of halogens is 2. The van der Waals surface area contributed by atoms with Crippen molar-refractivity contribution in [1.82, 2.24) is 0 Å². The first kappa shape index (κ1) is 18.1. The minimum Gasteiger partial charge on any atom is -0.497 e. The molecule has 0 aliphatic carbocycles. The lowest BCUT2D eigenvalue weighted by atomic mass is 10.3. The Balaban J connectivity index is 2.31. The zero-order valence-electron chi connectivity index (χ0n) is 12.5. The van der Waals surface area contributed by atoms with Crippen molar-refractivity contribution in [2.75, 3.05) is 12.4 Å². The molecule has 0 radical (unpaired) electrons. The van der Waals surface area contributed by atoms with E-state index in [1.807, 2.05) is 0 Å². The summed E-state index contributed by atoms with van der Waals surface area (Å²) in [5.74, 6) is 0.519. The van der Waals surface area contributed by atoms with E-state index in [9.17, 15) is 13.7 Å². The van der Waals surface area contributed by atoms with Crippen LogP contribution in [0.5, 0.6) is 5.75 Å². The first-order valence-corrected chi connectivity index (χ1v) is 8.83. The van der Waals surface area contributed by atoms with Crippen LogP contribution in [0.2, 0.25) is 10.0 Å². The van der Waals surface area contributed by atoms with Gasteiger partial charge in [-0.15, -0.1) is 0 Å². The molecule has 24 heavy (non-hydrogen) atoms. The summed E-state index contributed by atoms with van der Waals surface area (Å²) in [7, 11) is -2.46. The number of nitrogens with one attached hydrogen (secondary N) is 1. The van der Waals surface area contributed by atoms with E-state index in [0.717, 1.165) is 6.20 Å². The van der Waals surface area contributed by atoms with Crippen LogP contribution in [0.15, 0.2) is 58.5 Å². The van der Waals surface area contributed by atoms with Crippen molar-refractivity contribution < 1.29 is 13.2 Å². The molecule has 0 saturated heterocycles. The minimum absolute atomic E-state index is 0.00737. The third-order valence-electron chi connectivity index (χ3n) is 3.06. The Hall–Kier alpha value is -2.20. The van der Waals surface area contributed by atoms with E-state index in [1.54, 1.807) is 18.2 Å². The monoisotopic (exact) mass is 382 g/mol. The molecule has 0 aliphatic heterocycles. The molecule has 0 unspecified atom stereocenters. The summed E-state index contributed by atoms with van der Waals surface area (Å²) < 4.78 is 30.0. The Morgan fingerprint density at radius 3 is 2.38 bits per heavy atom. The van der Waals surface area contributed by atoms with E-state index in [1.165, 1.54) is 37.4 Å². The average Bonchev–Trinajstić information content (AvgIpc) is 2.58. The van der Waals surface area contributed by atoms with Crippen molar-refractivity contribution in [3.8, 4) is 11.8 Å². The summed E-state index contributed by atoms with van der Waals surface area (Å²) in [6.45, 7) is 0. The predicted molar refractivity (Wildman–Crippen MR) is 94.0 cm³/mol. The summed E-state index contributed by atoms with van der Waals surface area (Å²) in [6, 6.07) is 12.1. The Bertz CT molecular complexity index is 917. The Labute approximate surface area is 150 Å². The first-order chi connectivity index (χ1) is 11.4. The van der Waals surface area contributed by atoms with Gasteiger partial charge in [0, 0.05) is 11.9 Å². The predicted octanol–water partition coefficient (Wildman–Crippen LogP) is 4.25. The molecule has 0 heterocycles. The number of ether oxygens (including phenoxy) is 1. The van der Waals surface area contributed by atoms with Crippen molar-refractivity contribution in [1.29, 1.82) is 5.26 Å². The number of rotatable bonds is 5. The summed E-state index contributed by atoms with van der Waals surface area (Å²) >= 11 is 11.7. The molecule has 2 aromatic carbocycles. The van der Waals surface area contributed by atoms with E-state index in [2.05, 4.69) is 5.32 Å². The summed E-state index contributed by atoms with van der Waals surface area (Å²) in [5.41, 5.74) is 0.502. The molecule has 124 valence electrons. The van der Waals surface area contributed by atoms with Crippen LogP contribution in [-0.2, 0) is 9.84 Å². The van der Waals surface area contributed by atoms with Gasteiger partial charge in [0.1, 0.15) is 11.8 Å². The van der Waals surface area contributed by atoms with Crippen molar-refractivity contribution in [3.05, 3.63) is 63.6 Å².